The largest absolute Gasteiger partial charge is 0.481 e. The van der Waals surface area contributed by atoms with Crippen molar-refractivity contribution in [3.05, 3.63) is 46.0 Å². The Labute approximate surface area is 348 Å². The van der Waals surface area contributed by atoms with Gasteiger partial charge in [-0.2, -0.15) is 0 Å². The molecule has 0 aromatic heterocycles. The van der Waals surface area contributed by atoms with E-state index in [1.807, 2.05) is 12.1 Å². The number of fused-ring (bicyclic) bond motifs is 7. The third-order valence-electron chi connectivity index (χ3n) is 17.1. The second-order valence-corrected chi connectivity index (χ2v) is 22.2. The van der Waals surface area contributed by atoms with Gasteiger partial charge in [0.1, 0.15) is 6.10 Å². The van der Waals surface area contributed by atoms with Crippen LogP contribution in [0.5, 0.6) is 0 Å². The molecule has 0 bridgehead atoms. The average Bonchev–Trinajstić information content (AvgIpc) is 3.42. The number of likely N-dealkylation sites (N-methyl/N-ethyl adjacent to an activating group) is 1. The molecule has 57 heavy (non-hydrogen) atoms. The summed E-state index contributed by atoms with van der Waals surface area (Å²) in [5.74, 6) is 0.00261. The van der Waals surface area contributed by atoms with Crippen LogP contribution < -0.4 is 0 Å². The molecule has 1 aromatic rings. The lowest BCUT2D eigenvalue weighted by atomic mass is 9.33. The minimum atomic E-state index is -1.17. The van der Waals surface area contributed by atoms with Gasteiger partial charge >= 0.3 is 11.9 Å². The molecule has 0 radical (unpaired) electrons. The number of carbonyl (C=O) groups is 3. The summed E-state index contributed by atoms with van der Waals surface area (Å²) in [6.45, 7) is 22.6. The van der Waals surface area contributed by atoms with Crippen LogP contribution in [0.3, 0.4) is 0 Å². The van der Waals surface area contributed by atoms with E-state index in [-0.39, 0.29) is 51.8 Å². The number of Topliss-reactive ketones (excluding diaryl/α,β-unsaturated/α-hetero) is 1. The number of hydrogen-bond donors (Lipinski definition) is 2. The fourth-order valence-corrected chi connectivity index (χ4v) is 13.9. The van der Waals surface area contributed by atoms with Gasteiger partial charge < -0.3 is 19.8 Å². The van der Waals surface area contributed by atoms with E-state index in [2.05, 4.69) is 84.5 Å². The van der Waals surface area contributed by atoms with Crippen LogP contribution in [0, 0.1) is 56.2 Å². The topological polar surface area (TPSA) is 107 Å². The van der Waals surface area contributed by atoms with E-state index in [9.17, 15) is 24.6 Å². The normalized spacial score (nSPS) is 35.5. The maximum absolute atomic E-state index is 14.3. The number of nitrogens with zero attached hydrogens (tertiary/aromatic N) is 2. The first-order valence-corrected chi connectivity index (χ1v) is 22.3. The molecule has 0 saturated heterocycles. The molecule has 8 nitrogen and oxygen atoms in total. The lowest BCUT2D eigenvalue weighted by Crippen LogP contribution is -2.66. The predicted octanol–water partition coefficient (Wildman–Crippen LogP) is 9.46. The van der Waals surface area contributed by atoms with E-state index in [1.54, 1.807) is 13.8 Å². The summed E-state index contributed by atoms with van der Waals surface area (Å²) < 4.78 is 6.20. The van der Waals surface area contributed by atoms with Gasteiger partial charge in [0.15, 0.2) is 5.78 Å². The Hall–Kier alpha value is -2.26. The third-order valence-corrected chi connectivity index (χ3v) is 17.4. The van der Waals surface area contributed by atoms with E-state index >= 15 is 0 Å². The smallest absolute Gasteiger partial charge is 0.309 e. The molecule has 0 aliphatic heterocycles. The molecule has 6 rings (SSSR count). The minimum absolute atomic E-state index is 0.0308. The summed E-state index contributed by atoms with van der Waals surface area (Å²) in [7, 11) is 4.17. The van der Waals surface area contributed by atoms with E-state index in [1.165, 1.54) is 5.57 Å². The fraction of sp³-hybridized carbons (Fsp3) is 0.771. The predicted molar refractivity (Wildman–Crippen MR) is 227 cm³/mol. The second kappa shape index (κ2) is 15.6. The molecular weight excluding hydrogens is 736 g/mol. The number of aliphatic carboxylic acids is 1. The maximum Gasteiger partial charge on any atom is 0.309 e. The number of aliphatic hydroxyl groups excluding tert-OH is 1. The molecule has 9 heteroatoms. The van der Waals surface area contributed by atoms with Crippen LogP contribution in [-0.4, -0.2) is 83.7 Å². The number of carbonyl (C=O) groups excluding carboxylic acids is 2. The summed E-state index contributed by atoms with van der Waals surface area (Å²) in [4.78, 5) is 43.8. The lowest BCUT2D eigenvalue weighted by Gasteiger charge is -2.72. The van der Waals surface area contributed by atoms with Gasteiger partial charge in [-0.1, -0.05) is 77.8 Å². The molecule has 5 aliphatic rings. The Balaban J connectivity index is 1.29. The lowest BCUT2D eigenvalue weighted by molar-refractivity contribution is -0.235. The molecule has 4 fully saturated rings. The van der Waals surface area contributed by atoms with Gasteiger partial charge in [0.25, 0.3) is 0 Å². The van der Waals surface area contributed by atoms with Gasteiger partial charge in [-0.05, 0) is 142 Å². The number of allylic oxidation sites excluding steroid dienone is 1. The van der Waals surface area contributed by atoms with Crippen LogP contribution in [0.25, 0.3) is 0 Å². The van der Waals surface area contributed by atoms with E-state index in [0.717, 1.165) is 75.6 Å². The summed E-state index contributed by atoms with van der Waals surface area (Å²) in [5, 5.41) is 23.0. The zero-order chi connectivity index (χ0) is 42.1. The van der Waals surface area contributed by atoms with Crippen molar-refractivity contribution in [3.63, 3.8) is 0 Å². The fourth-order valence-electron chi connectivity index (χ4n) is 13.8. The Bertz CT molecular complexity index is 1740. The molecule has 0 spiro atoms. The van der Waals surface area contributed by atoms with Crippen molar-refractivity contribution in [2.45, 2.75) is 145 Å². The maximum atomic E-state index is 14.3. The Morgan fingerprint density at radius 3 is 2.19 bits per heavy atom. The highest BCUT2D eigenvalue weighted by molar-refractivity contribution is 6.30. The highest BCUT2D eigenvalue weighted by atomic mass is 35.5. The van der Waals surface area contributed by atoms with Gasteiger partial charge in [0.2, 0.25) is 0 Å². The van der Waals surface area contributed by atoms with Crippen LogP contribution >= 0.6 is 11.6 Å². The zero-order valence-electron chi connectivity index (χ0n) is 37.0. The molecule has 1 aromatic carbocycles. The number of carboxylic acids is 1. The molecule has 4 saturated carbocycles. The van der Waals surface area contributed by atoms with Crippen molar-refractivity contribution >= 4 is 29.3 Å². The molecule has 0 amide bonds. The molecule has 2 N–H and O–H groups in total. The summed E-state index contributed by atoms with van der Waals surface area (Å²) in [6.07, 6.45) is 7.13. The zero-order valence-corrected chi connectivity index (χ0v) is 37.7. The third kappa shape index (κ3) is 7.58. The standard InChI is InChI=1S/C48H73ClN2O6/c1-30(2)40-34(52)26-48(37(53)29-51(25-24-50(10)11)28-31-12-14-32(49)15-13-31)23-22-46(8)33(41(40)48)16-17-36-45(7)20-19-38(57-39(54)27-43(3,4)42(55)56)44(5,6)35(45)18-21-47(36,46)9/h12-15,30,33,35-38,53H,16-29H2,1-11H3,(H,55,56)/t33?,35-,36+,37-,38-,45-,46+,47+,48-/m0/s1. The summed E-state index contributed by atoms with van der Waals surface area (Å²) in [6, 6.07) is 8.00. The number of benzene rings is 1. The Morgan fingerprint density at radius 1 is 0.912 bits per heavy atom. The molecule has 9 atom stereocenters. The summed E-state index contributed by atoms with van der Waals surface area (Å²) in [5.41, 5.74) is 1.54. The van der Waals surface area contributed by atoms with Crippen molar-refractivity contribution < 1.29 is 29.3 Å². The molecule has 1 unspecified atom stereocenters. The van der Waals surface area contributed by atoms with E-state index in [0.29, 0.717) is 36.4 Å². The van der Waals surface area contributed by atoms with Gasteiger partial charge in [0.05, 0.1) is 17.9 Å². The van der Waals surface area contributed by atoms with E-state index in [4.69, 9.17) is 16.3 Å². The van der Waals surface area contributed by atoms with Gasteiger partial charge in [-0.15, -0.1) is 0 Å². The number of ether oxygens (including phenoxy) is 1. The highest BCUT2D eigenvalue weighted by Crippen LogP contribution is 2.77. The SMILES string of the molecule is CC(C)C1=C2C3CC[C@@H]4[C@@]5(C)CC[C@H](OC(=O)CC(C)(C)C(=O)O)C(C)(C)[C@@H]5CC[C@@]4(C)[C@]3(C)CC[C@@]2([C@@H](O)CN(CCN(C)C)Cc2ccc(Cl)cc2)CC1=O. The minimum Gasteiger partial charge on any atom is -0.481 e. The number of halogens is 1. The first-order valence-electron chi connectivity index (χ1n) is 21.9. The monoisotopic (exact) mass is 809 g/mol. The Kier molecular flexibility index (Phi) is 12.2. The number of aliphatic hydroxyl groups is 1. The number of carboxylic acid groups (broad SMARTS) is 1. The first-order chi connectivity index (χ1) is 26.4. The van der Waals surface area contributed by atoms with Crippen LogP contribution in [0.2, 0.25) is 5.02 Å². The number of ketones is 1. The molecule has 318 valence electrons. The van der Waals surface area contributed by atoms with Crippen molar-refractivity contribution in [1.29, 1.82) is 0 Å². The van der Waals surface area contributed by atoms with E-state index < -0.39 is 28.9 Å². The van der Waals surface area contributed by atoms with Crippen LogP contribution in [0.1, 0.15) is 132 Å². The molecular formula is C48H73ClN2O6. The van der Waals surface area contributed by atoms with Crippen LogP contribution in [0.4, 0.5) is 0 Å². The van der Waals surface area contributed by atoms with Crippen LogP contribution in [-0.2, 0) is 25.7 Å². The van der Waals surface area contributed by atoms with Crippen molar-refractivity contribution in [3.8, 4) is 0 Å². The van der Waals surface area contributed by atoms with Crippen molar-refractivity contribution in [2.75, 3.05) is 33.7 Å². The molecule has 5 aliphatic carbocycles. The van der Waals surface area contributed by atoms with Gasteiger partial charge in [0, 0.05) is 48.5 Å². The Morgan fingerprint density at radius 2 is 1.58 bits per heavy atom. The van der Waals surface area contributed by atoms with Crippen LogP contribution in [0.15, 0.2) is 35.4 Å². The summed E-state index contributed by atoms with van der Waals surface area (Å²) >= 11 is 6.24. The number of esters is 1. The highest BCUT2D eigenvalue weighted by Gasteiger charge is 2.71. The average molecular weight is 810 g/mol. The first kappa shape index (κ1) is 44.3. The number of hydrogen-bond acceptors (Lipinski definition) is 7. The second-order valence-electron chi connectivity index (χ2n) is 21.7. The molecule has 0 heterocycles. The van der Waals surface area contributed by atoms with Gasteiger partial charge in [-0.25, -0.2) is 0 Å². The van der Waals surface area contributed by atoms with Crippen molar-refractivity contribution in [2.24, 2.45) is 56.2 Å². The van der Waals surface area contributed by atoms with Gasteiger partial charge in [-0.3, -0.25) is 19.3 Å². The number of rotatable bonds is 13. The van der Waals surface area contributed by atoms with Crippen molar-refractivity contribution in [1.82, 2.24) is 9.80 Å². The quantitative estimate of drug-likeness (QED) is 0.190.